The lowest BCUT2D eigenvalue weighted by Crippen LogP contribution is -2.32. The summed E-state index contributed by atoms with van der Waals surface area (Å²) in [4.78, 5) is 0.304. The van der Waals surface area contributed by atoms with Gasteiger partial charge < -0.3 is 0 Å². The minimum absolute atomic E-state index is 0.304. The van der Waals surface area contributed by atoms with Crippen LogP contribution in [0.4, 0.5) is 0 Å². The SMILES string of the molecule is CC1CCCN(S(=O)(=O)c2ccc(Cl)c(Br)c2)CC1. The number of halogens is 2. The van der Waals surface area contributed by atoms with E-state index in [4.69, 9.17) is 11.6 Å². The smallest absolute Gasteiger partial charge is 0.207 e. The Kier molecular flexibility index (Phi) is 4.93. The van der Waals surface area contributed by atoms with E-state index in [1.807, 2.05) is 0 Å². The molecule has 0 N–H and O–H groups in total. The fourth-order valence-electron chi connectivity index (χ4n) is 2.26. The lowest BCUT2D eigenvalue weighted by Gasteiger charge is -2.20. The van der Waals surface area contributed by atoms with Crippen LogP contribution < -0.4 is 0 Å². The summed E-state index contributed by atoms with van der Waals surface area (Å²) in [5, 5.41) is 0.517. The van der Waals surface area contributed by atoms with Gasteiger partial charge >= 0.3 is 0 Å². The van der Waals surface area contributed by atoms with E-state index in [0.29, 0.717) is 33.4 Å². The molecule has 1 aromatic rings. The van der Waals surface area contributed by atoms with E-state index in [1.165, 1.54) is 0 Å². The van der Waals surface area contributed by atoms with Crippen molar-refractivity contribution in [1.29, 1.82) is 0 Å². The molecule has 0 aliphatic carbocycles. The number of nitrogens with zero attached hydrogens (tertiary/aromatic N) is 1. The van der Waals surface area contributed by atoms with Gasteiger partial charge in [0.1, 0.15) is 0 Å². The Labute approximate surface area is 128 Å². The molecule has 0 aromatic heterocycles. The third-order valence-corrected chi connectivity index (χ3v) is 6.61. The van der Waals surface area contributed by atoms with Gasteiger partial charge in [-0.25, -0.2) is 8.42 Å². The van der Waals surface area contributed by atoms with Crippen LogP contribution in [-0.4, -0.2) is 25.8 Å². The standard InChI is InChI=1S/C13H17BrClNO2S/c1-10-3-2-7-16(8-6-10)19(17,18)11-4-5-13(15)12(14)9-11/h4-5,9-10H,2-3,6-8H2,1H3. The van der Waals surface area contributed by atoms with Gasteiger partial charge in [0.2, 0.25) is 10.0 Å². The van der Waals surface area contributed by atoms with Gasteiger partial charge in [-0.15, -0.1) is 0 Å². The van der Waals surface area contributed by atoms with Gasteiger partial charge in [-0.1, -0.05) is 18.5 Å². The summed E-state index contributed by atoms with van der Waals surface area (Å²) in [6.07, 6.45) is 2.94. The molecule has 1 aromatic carbocycles. The van der Waals surface area contributed by atoms with Crippen LogP contribution in [-0.2, 0) is 10.0 Å². The van der Waals surface area contributed by atoms with E-state index >= 15 is 0 Å². The second-order valence-corrected chi connectivity index (χ2v) is 8.22. The zero-order valence-corrected chi connectivity index (χ0v) is 13.9. The molecule has 0 amide bonds. The van der Waals surface area contributed by atoms with Gasteiger partial charge in [0, 0.05) is 17.6 Å². The molecule has 1 atom stereocenters. The molecule has 0 saturated carbocycles. The number of rotatable bonds is 2. The van der Waals surface area contributed by atoms with Crippen LogP contribution >= 0.6 is 27.5 Å². The van der Waals surface area contributed by atoms with Crippen molar-refractivity contribution in [3.8, 4) is 0 Å². The van der Waals surface area contributed by atoms with Crippen molar-refractivity contribution in [1.82, 2.24) is 4.31 Å². The van der Waals surface area contributed by atoms with Crippen LogP contribution in [0.2, 0.25) is 5.02 Å². The molecule has 6 heteroatoms. The van der Waals surface area contributed by atoms with Crippen molar-refractivity contribution in [3.05, 3.63) is 27.7 Å². The maximum Gasteiger partial charge on any atom is 0.243 e. The summed E-state index contributed by atoms with van der Waals surface area (Å²) >= 11 is 9.18. The number of sulfonamides is 1. The highest BCUT2D eigenvalue weighted by Crippen LogP contribution is 2.28. The Morgan fingerprint density at radius 1 is 1.32 bits per heavy atom. The molecule has 19 heavy (non-hydrogen) atoms. The predicted molar refractivity (Wildman–Crippen MR) is 80.9 cm³/mol. The molecule has 2 rings (SSSR count). The van der Waals surface area contributed by atoms with E-state index in [0.717, 1.165) is 19.3 Å². The minimum Gasteiger partial charge on any atom is -0.207 e. The quantitative estimate of drug-likeness (QED) is 0.795. The molecule has 0 spiro atoms. The van der Waals surface area contributed by atoms with Crippen LogP contribution in [0.5, 0.6) is 0 Å². The summed E-state index contributed by atoms with van der Waals surface area (Å²) < 4.78 is 27.3. The normalized spacial score (nSPS) is 22.2. The molecular formula is C13H17BrClNO2S. The maximum atomic E-state index is 12.6. The van der Waals surface area contributed by atoms with Crippen molar-refractivity contribution in [2.24, 2.45) is 5.92 Å². The van der Waals surface area contributed by atoms with Crippen molar-refractivity contribution >= 4 is 37.6 Å². The van der Waals surface area contributed by atoms with E-state index in [-0.39, 0.29) is 0 Å². The third-order valence-electron chi connectivity index (χ3n) is 3.50. The van der Waals surface area contributed by atoms with Crippen molar-refractivity contribution in [3.63, 3.8) is 0 Å². The molecular weight excluding hydrogens is 350 g/mol. The van der Waals surface area contributed by atoms with Crippen molar-refractivity contribution in [2.75, 3.05) is 13.1 Å². The summed E-state index contributed by atoms with van der Waals surface area (Å²) in [6.45, 7) is 3.38. The maximum absolute atomic E-state index is 12.6. The van der Waals surface area contributed by atoms with Crippen LogP contribution in [0.25, 0.3) is 0 Å². The average Bonchev–Trinajstić information content (AvgIpc) is 2.57. The zero-order valence-electron chi connectivity index (χ0n) is 10.8. The molecule has 1 aliphatic heterocycles. The van der Waals surface area contributed by atoms with E-state index < -0.39 is 10.0 Å². The van der Waals surface area contributed by atoms with Crippen LogP contribution in [0.15, 0.2) is 27.6 Å². The van der Waals surface area contributed by atoms with Gasteiger partial charge in [0.25, 0.3) is 0 Å². The number of hydrogen-bond donors (Lipinski definition) is 0. The van der Waals surface area contributed by atoms with Crippen molar-refractivity contribution < 1.29 is 8.42 Å². The van der Waals surface area contributed by atoms with Crippen molar-refractivity contribution in [2.45, 2.75) is 31.1 Å². The minimum atomic E-state index is -3.40. The topological polar surface area (TPSA) is 37.4 Å². The first kappa shape index (κ1) is 15.3. The molecule has 0 bridgehead atoms. The highest BCUT2D eigenvalue weighted by Gasteiger charge is 2.26. The van der Waals surface area contributed by atoms with Gasteiger partial charge in [-0.05, 0) is 59.3 Å². The summed E-state index contributed by atoms with van der Waals surface area (Å²) in [6, 6.07) is 4.75. The Morgan fingerprint density at radius 3 is 2.74 bits per heavy atom. The van der Waals surface area contributed by atoms with Gasteiger partial charge in [0.05, 0.1) is 9.92 Å². The molecule has 3 nitrogen and oxygen atoms in total. The Morgan fingerprint density at radius 2 is 2.05 bits per heavy atom. The van der Waals surface area contributed by atoms with E-state index in [2.05, 4.69) is 22.9 Å². The molecule has 1 fully saturated rings. The lowest BCUT2D eigenvalue weighted by molar-refractivity contribution is 0.417. The highest BCUT2D eigenvalue weighted by atomic mass is 79.9. The monoisotopic (exact) mass is 365 g/mol. The molecule has 1 aliphatic rings. The summed E-state index contributed by atoms with van der Waals surface area (Å²) in [7, 11) is -3.40. The first-order valence-electron chi connectivity index (χ1n) is 6.36. The van der Waals surface area contributed by atoms with Crippen LogP contribution in [0.1, 0.15) is 26.2 Å². The second-order valence-electron chi connectivity index (χ2n) is 5.02. The summed E-state index contributed by atoms with van der Waals surface area (Å²) in [5.41, 5.74) is 0. The molecule has 1 heterocycles. The Balaban J connectivity index is 2.28. The first-order chi connectivity index (χ1) is 8.91. The molecule has 0 radical (unpaired) electrons. The third kappa shape index (κ3) is 3.51. The fraction of sp³-hybridized carbons (Fsp3) is 0.538. The largest absolute Gasteiger partial charge is 0.243 e. The summed E-state index contributed by atoms with van der Waals surface area (Å²) in [5.74, 6) is 0.595. The first-order valence-corrected chi connectivity index (χ1v) is 8.97. The Bertz CT molecular complexity index is 562. The van der Waals surface area contributed by atoms with Gasteiger partial charge in [0.15, 0.2) is 0 Å². The van der Waals surface area contributed by atoms with Gasteiger partial charge in [-0.2, -0.15) is 4.31 Å². The molecule has 1 unspecified atom stereocenters. The van der Waals surface area contributed by atoms with E-state index in [1.54, 1.807) is 22.5 Å². The number of hydrogen-bond acceptors (Lipinski definition) is 2. The van der Waals surface area contributed by atoms with E-state index in [9.17, 15) is 8.42 Å². The Hall–Kier alpha value is -0.100. The lowest BCUT2D eigenvalue weighted by atomic mass is 10.0. The van der Waals surface area contributed by atoms with Crippen LogP contribution in [0, 0.1) is 5.92 Å². The fourth-order valence-corrected chi connectivity index (χ4v) is 4.43. The predicted octanol–water partition coefficient (Wildman–Crippen LogP) is 3.91. The van der Waals surface area contributed by atoms with Gasteiger partial charge in [-0.3, -0.25) is 0 Å². The number of benzene rings is 1. The average molecular weight is 367 g/mol. The molecule has 106 valence electrons. The zero-order chi connectivity index (χ0) is 14.0. The second kappa shape index (κ2) is 6.12. The molecule has 1 saturated heterocycles. The van der Waals surface area contributed by atoms with Crippen LogP contribution in [0.3, 0.4) is 0 Å². The highest BCUT2D eigenvalue weighted by molar-refractivity contribution is 9.10.